The molecule has 0 spiro atoms. The minimum absolute atomic E-state index is 0.108. The average molecular weight is 525 g/mol. The van der Waals surface area contributed by atoms with E-state index < -0.39 is 17.8 Å². The summed E-state index contributed by atoms with van der Waals surface area (Å²) in [5.41, 5.74) is 7.72. The number of allylic oxidation sites excluding steroid dienone is 6. The lowest BCUT2D eigenvalue weighted by Gasteiger charge is -2.21. The quantitative estimate of drug-likeness (QED) is 0.185. The fourth-order valence-electron chi connectivity index (χ4n) is 5.33. The Hall–Kier alpha value is -4.26. The molecule has 0 radical (unpaired) electrons. The zero-order chi connectivity index (χ0) is 27.2. The van der Waals surface area contributed by atoms with Crippen LogP contribution in [0.15, 0.2) is 84.6 Å². The first-order chi connectivity index (χ1) is 19.0. The molecule has 2 amide bonds. The van der Waals surface area contributed by atoms with Crippen molar-refractivity contribution >= 4 is 34.9 Å². The van der Waals surface area contributed by atoms with Crippen molar-refractivity contribution in [3.8, 4) is 0 Å². The maximum atomic E-state index is 12.1. The van der Waals surface area contributed by atoms with E-state index in [1.807, 2.05) is 0 Å². The highest BCUT2D eigenvalue weighted by atomic mass is 16.7. The molecular weight excluding hydrogens is 490 g/mol. The Morgan fingerprint density at radius 1 is 0.897 bits per heavy atom. The van der Waals surface area contributed by atoms with Crippen molar-refractivity contribution in [2.45, 2.75) is 51.4 Å². The molecule has 0 N–H and O–H groups in total. The molecular formula is C32H34N3O4+. The molecule has 2 aromatic rings. The fourth-order valence-corrected chi connectivity index (χ4v) is 5.33. The second-order valence-electron chi connectivity index (χ2n) is 10.1. The second kappa shape index (κ2) is 12.1. The predicted octanol–water partition coefficient (Wildman–Crippen LogP) is 5.18. The number of para-hydroxylation sites is 2. The normalized spacial score (nSPS) is 17.8. The molecule has 0 bridgehead atoms. The van der Waals surface area contributed by atoms with Crippen LogP contribution in [0.2, 0.25) is 0 Å². The number of hydroxylamine groups is 2. The molecule has 39 heavy (non-hydrogen) atoms. The maximum Gasteiger partial charge on any atom is 0.333 e. The summed E-state index contributed by atoms with van der Waals surface area (Å²) >= 11 is 0. The van der Waals surface area contributed by atoms with E-state index >= 15 is 0 Å². The smallest absolute Gasteiger partial charge is 0.333 e. The number of unbranched alkanes of at least 4 members (excludes halogenated alkanes) is 2. The number of hydrogen-bond donors (Lipinski definition) is 0. The van der Waals surface area contributed by atoms with Gasteiger partial charge < -0.3 is 9.74 Å². The number of anilines is 1. The molecule has 1 saturated heterocycles. The largest absolute Gasteiger partial charge is 0.345 e. The highest BCUT2D eigenvalue weighted by molar-refractivity contribution is 6.01. The third-order valence-electron chi connectivity index (χ3n) is 7.42. The van der Waals surface area contributed by atoms with Crippen molar-refractivity contribution in [2.24, 2.45) is 0 Å². The molecule has 7 nitrogen and oxygen atoms in total. The van der Waals surface area contributed by atoms with Crippen molar-refractivity contribution in [1.29, 1.82) is 0 Å². The molecule has 1 fully saturated rings. The summed E-state index contributed by atoms with van der Waals surface area (Å²) in [6.45, 7) is 0.853. The van der Waals surface area contributed by atoms with Gasteiger partial charge in [0.25, 0.3) is 11.8 Å². The van der Waals surface area contributed by atoms with Crippen LogP contribution in [-0.2, 0) is 32.1 Å². The molecule has 7 heteroatoms. The van der Waals surface area contributed by atoms with Gasteiger partial charge in [0.05, 0.1) is 6.42 Å². The lowest BCUT2D eigenvalue weighted by atomic mass is 10.1. The molecule has 2 aromatic carbocycles. The lowest BCUT2D eigenvalue weighted by molar-refractivity contribution is -0.400. The SMILES string of the molecule is C[N+]1=C(/C=C/C=C/C=C2\Cc3ccccc3N2CCCCCC(=O)ON2C(=O)CCC2=O)Cc2ccccc21. The Labute approximate surface area is 229 Å². The van der Waals surface area contributed by atoms with E-state index in [4.69, 9.17) is 4.84 Å². The van der Waals surface area contributed by atoms with Gasteiger partial charge in [0, 0.05) is 61.3 Å². The zero-order valence-electron chi connectivity index (χ0n) is 22.3. The fraction of sp³-hybridized carbons (Fsp3) is 0.312. The number of imide groups is 1. The minimum atomic E-state index is -0.533. The van der Waals surface area contributed by atoms with Crippen LogP contribution in [0.3, 0.4) is 0 Å². The molecule has 3 aliphatic rings. The van der Waals surface area contributed by atoms with Gasteiger partial charge in [-0.2, -0.15) is 4.58 Å². The second-order valence-corrected chi connectivity index (χ2v) is 10.1. The third kappa shape index (κ3) is 6.08. The van der Waals surface area contributed by atoms with Gasteiger partial charge >= 0.3 is 5.97 Å². The molecule has 0 atom stereocenters. The van der Waals surface area contributed by atoms with E-state index in [1.54, 1.807) is 0 Å². The summed E-state index contributed by atoms with van der Waals surface area (Å²) in [5.74, 6) is -1.42. The summed E-state index contributed by atoms with van der Waals surface area (Å²) in [4.78, 5) is 42.6. The van der Waals surface area contributed by atoms with Crippen LogP contribution in [0.25, 0.3) is 0 Å². The summed E-state index contributed by atoms with van der Waals surface area (Å²) in [6, 6.07) is 17.0. The Kier molecular flexibility index (Phi) is 8.16. The predicted molar refractivity (Wildman–Crippen MR) is 150 cm³/mol. The van der Waals surface area contributed by atoms with E-state index in [1.165, 1.54) is 33.9 Å². The van der Waals surface area contributed by atoms with E-state index in [2.05, 4.69) is 95.4 Å². The molecule has 0 aliphatic carbocycles. The molecule has 0 aromatic heterocycles. The van der Waals surface area contributed by atoms with Crippen LogP contribution in [0.5, 0.6) is 0 Å². The summed E-state index contributed by atoms with van der Waals surface area (Å²) in [6.07, 6.45) is 15.3. The monoisotopic (exact) mass is 524 g/mol. The molecule has 5 rings (SSSR count). The first kappa shape index (κ1) is 26.4. The van der Waals surface area contributed by atoms with Gasteiger partial charge in [-0.25, -0.2) is 4.79 Å². The summed E-state index contributed by atoms with van der Waals surface area (Å²) in [7, 11) is 2.11. The number of carbonyl (C=O) groups is 3. The van der Waals surface area contributed by atoms with Crippen LogP contribution < -0.4 is 4.90 Å². The first-order valence-electron chi connectivity index (χ1n) is 13.6. The molecule has 3 heterocycles. The highest BCUT2D eigenvalue weighted by Crippen LogP contribution is 2.34. The molecule has 200 valence electrons. The Balaban J connectivity index is 1.13. The molecule has 3 aliphatic heterocycles. The van der Waals surface area contributed by atoms with Gasteiger partial charge in [-0.3, -0.25) is 9.59 Å². The van der Waals surface area contributed by atoms with Gasteiger partial charge in [-0.05, 0) is 30.5 Å². The topological polar surface area (TPSA) is 69.9 Å². The zero-order valence-corrected chi connectivity index (χ0v) is 22.3. The number of benzene rings is 2. The highest BCUT2D eigenvalue weighted by Gasteiger charge is 2.32. The van der Waals surface area contributed by atoms with Gasteiger partial charge in [0.2, 0.25) is 5.69 Å². The van der Waals surface area contributed by atoms with Crippen LogP contribution in [0.4, 0.5) is 11.4 Å². The van der Waals surface area contributed by atoms with Gasteiger partial charge in [0.1, 0.15) is 7.05 Å². The van der Waals surface area contributed by atoms with E-state index in [0.717, 1.165) is 32.2 Å². The van der Waals surface area contributed by atoms with E-state index in [-0.39, 0.29) is 19.3 Å². The molecule has 0 saturated carbocycles. The lowest BCUT2D eigenvalue weighted by Crippen LogP contribution is -2.31. The van der Waals surface area contributed by atoms with Gasteiger partial charge in [-0.15, -0.1) is 5.06 Å². The third-order valence-corrected chi connectivity index (χ3v) is 7.42. The summed E-state index contributed by atoms with van der Waals surface area (Å²) in [5, 5.41) is 0.618. The van der Waals surface area contributed by atoms with Crippen LogP contribution in [-0.4, -0.2) is 46.7 Å². The van der Waals surface area contributed by atoms with Crippen molar-refractivity contribution in [3.63, 3.8) is 0 Å². The summed E-state index contributed by atoms with van der Waals surface area (Å²) < 4.78 is 2.25. The first-order valence-corrected chi connectivity index (χ1v) is 13.6. The number of hydrogen-bond acceptors (Lipinski definition) is 5. The maximum absolute atomic E-state index is 12.1. The Bertz CT molecular complexity index is 1390. The number of rotatable bonds is 10. The Morgan fingerprint density at radius 2 is 1.64 bits per heavy atom. The van der Waals surface area contributed by atoms with E-state index in [0.29, 0.717) is 11.5 Å². The van der Waals surface area contributed by atoms with Crippen molar-refractivity contribution in [1.82, 2.24) is 5.06 Å². The number of fused-ring (bicyclic) bond motifs is 2. The van der Waals surface area contributed by atoms with Crippen LogP contribution in [0, 0.1) is 0 Å². The van der Waals surface area contributed by atoms with Gasteiger partial charge in [-0.1, -0.05) is 61.0 Å². The van der Waals surface area contributed by atoms with Crippen molar-refractivity contribution in [2.75, 3.05) is 18.5 Å². The average Bonchev–Trinajstić information content (AvgIpc) is 3.57. The van der Waals surface area contributed by atoms with Crippen LogP contribution in [0.1, 0.15) is 49.7 Å². The van der Waals surface area contributed by atoms with Crippen molar-refractivity contribution in [3.05, 3.63) is 95.7 Å². The van der Waals surface area contributed by atoms with Crippen LogP contribution >= 0.6 is 0 Å². The number of amides is 2. The Morgan fingerprint density at radius 3 is 2.44 bits per heavy atom. The van der Waals surface area contributed by atoms with E-state index in [9.17, 15) is 14.4 Å². The number of nitrogens with zero attached hydrogens (tertiary/aromatic N) is 3. The molecule has 0 unspecified atom stereocenters. The number of carbonyl (C=O) groups excluding carboxylic acids is 3. The standard InChI is InChI=1S/C32H34N3O4/c1-33-26(22-24-12-7-9-16-28(24)33)14-4-2-5-15-27-23-25-13-8-10-17-29(25)34(27)21-11-3-6-18-32(38)39-35-30(36)19-20-31(35)37/h2,4-5,7-10,12-17H,3,6,11,18-23H2,1H3/q+1. The minimum Gasteiger partial charge on any atom is -0.345 e. The van der Waals surface area contributed by atoms with Gasteiger partial charge in [0.15, 0.2) is 5.71 Å². The van der Waals surface area contributed by atoms with Crippen molar-refractivity contribution < 1.29 is 23.8 Å².